The Labute approximate surface area is 135 Å². The second-order valence-corrected chi connectivity index (χ2v) is 5.61. The molecule has 2 aromatic heterocycles. The maximum absolute atomic E-state index is 5.46. The molecular weight excluding hydrogens is 314 g/mol. The zero-order chi connectivity index (χ0) is 15.6. The van der Waals surface area contributed by atoms with Gasteiger partial charge in [0.1, 0.15) is 5.69 Å². The van der Waals surface area contributed by atoms with Crippen LogP contribution in [0.15, 0.2) is 56.5 Å². The van der Waals surface area contributed by atoms with Gasteiger partial charge in [0.2, 0.25) is 11.6 Å². The monoisotopic (exact) mass is 327 g/mol. The van der Waals surface area contributed by atoms with Gasteiger partial charge >= 0.3 is 0 Å². The number of thiazole rings is 1. The maximum atomic E-state index is 5.46. The summed E-state index contributed by atoms with van der Waals surface area (Å²) in [6.07, 6.45) is 3.40. The Morgan fingerprint density at radius 2 is 2.13 bits per heavy atom. The molecule has 1 aliphatic heterocycles. The third-order valence-corrected chi connectivity index (χ3v) is 4.28. The van der Waals surface area contributed by atoms with E-state index in [4.69, 9.17) is 13.9 Å². The predicted molar refractivity (Wildman–Crippen MR) is 87.1 cm³/mol. The number of rotatable bonds is 3. The number of ether oxygens (including phenoxy) is 2. The molecular formula is C16H13N3O3S. The van der Waals surface area contributed by atoms with Gasteiger partial charge in [0.05, 0.1) is 12.5 Å². The van der Waals surface area contributed by atoms with E-state index in [0.717, 1.165) is 33.3 Å². The zero-order valence-electron chi connectivity index (χ0n) is 12.3. The summed E-state index contributed by atoms with van der Waals surface area (Å²) < 4.78 is 17.9. The minimum absolute atomic E-state index is 0.261. The van der Waals surface area contributed by atoms with Crippen molar-refractivity contribution in [2.24, 2.45) is 10.1 Å². The quantitative estimate of drug-likeness (QED) is 0.695. The molecule has 3 aromatic rings. The van der Waals surface area contributed by atoms with Crippen LogP contribution in [0, 0.1) is 0 Å². The molecule has 1 aromatic carbocycles. The fourth-order valence-electron chi connectivity index (χ4n) is 2.28. The van der Waals surface area contributed by atoms with Gasteiger partial charge in [0, 0.05) is 12.4 Å². The SMILES string of the molecule is CN=c1scc(-c2ccco2)n1N=Cc1ccc2c(c1)OCO2. The van der Waals surface area contributed by atoms with Gasteiger partial charge in [0.25, 0.3) is 0 Å². The van der Waals surface area contributed by atoms with E-state index in [1.54, 1.807) is 24.2 Å². The van der Waals surface area contributed by atoms with Crippen LogP contribution >= 0.6 is 11.3 Å². The summed E-state index contributed by atoms with van der Waals surface area (Å²) in [5, 5.41) is 6.51. The molecule has 23 heavy (non-hydrogen) atoms. The van der Waals surface area contributed by atoms with Gasteiger partial charge in [-0.2, -0.15) is 5.10 Å². The third-order valence-electron chi connectivity index (χ3n) is 3.37. The molecule has 0 N–H and O–H groups in total. The van der Waals surface area contributed by atoms with Crippen LogP contribution in [0.5, 0.6) is 11.5 Å². The summed E-state index contributed by atoms with van der Waals surface area (Å²) in [6, 6.07) is 9.45. The normalized spacial score (nSPS) is 14.0. The Hall–Kier alpha value is -2.80. The molecule has 0 fully saturated rings. The van der Waals surface area contributed by atoms with Gasteiger partial charge < -0.3 is 13.9 Å². The molecule has 0 saturated heterocycles. The molecule has 3 heterocycles. The van der Waals surface area contributed by atoms with Crippen LogP contribution in [-0.2, 0) is 0 Å². The van der Waals surface area contributed by atoms with Crippen molar-refractivity contribution >= 4 is 17.6 Å². The maximum Gasteiger partial charge on any atom is 0.231 e. The lowest BCUT2D eigenvalue weighted by atomic mass is 10.2. The summed E-state index contributed by atoms with van der Waals surface area (Å²) >= 11 is 1.51. The molecule has 0 radical (unpaired) electrons. The average molecular weight is 327 g/mol. The van der Waals surface area contributed by atoms with E-state index in [-0.39, 0.29) is 6.79 Å². The van der Waals surface area contributed by atoms with Gasteiger partial charge in [-0.05, 0) is 35.9 Å². The van der Waals surface area contributed by atoms with Gasteiger partial charge in [-0.15, -0.1) is 11.3 Å². The number of nitrogens with zero attached hydrogens (tertiary/aromatic N) is 3. The van der Waals surface area contributed by atoms with Crippen LogP contribution < -0.4 is 14.3 Å². The Balaban J connectivity index is 1.72. The summed E-state index contributed by atoms with van der Waals surface area (Å²) in [5.41, 5.74) is 1.78. The summed E-state index contributed by atoms with van der Waals surface area (Å²) in [4.78, 5) is 5.04. The fourth-order valence-corrected chi connectivity index (χ4v) is 3.06. The molecule has 0 spiro atoms. The van der Waals surface area contributed by atoms with Gasteiger partial charge in [-0.25, -0.2) is 4.68 Å². The molecule has 0 aliphatic carbocycles. The number of hydrogen-bond donors (Lipinski definition) is 0. The molecule has 0 amide bonds. The molecule has 4 rings (SSSR count). The minimum Gasteiger partial charge on any atom is -0.463 e. The predicted octanol–water partition coefficient (Wildman–Crippen LogP) is 2.95. The van der Waals surface area contributed by atoms with Crippen LogP contribution in [0.4, 0.5) is 0 Å². The topological polar surface area (TPSA) is 61.2 Å². The van der Waals surface area contributed by atoms with E-state index in [1.807, 2.05) is 35.7 Å². The molecule has 6 nitrogen and oxygen atoms in total. The minimum atomic E-state index is 0.261. The number of hydrogen-bond acceptors (Lipinski definition) is 6. The van der Waals surface area contributed by atoms with E-state index in [9.17, 15) is 0 Å². The van der Waals surface area contributed by atoms with Gasteiger partial charge in [0.15, 0.2) is 17.3 Å². The van der Waals surface area contributed by atoms with Crippen molar-refractivity contribution in [2.45, 2.75) is 0 Å². The first kappa shape index (κ1) is 13.8. The van der Waals surface area contributed by atoms with Crippen LogP contribution in [-0.4, -0.2) is 24.7 Å². The Morgan fingerprint density at radius 3 is 2.96 bits per heavy atom. The first-order valence-electron chi connectivity index (χ1n) is 6.96. The number of fused-ring (bicyclic) bond motifs is 1. The van der Waals surface area contributed by atoms with Crippen LogP contribution in [0.1, 0.15) is 5.56 Å². The molecule has 0 bridgehead atoms. The molecule has 7 heteroatoms. The highest BCUT2D eigenvalue weighted by molar-refractivity contribution is 7.07. The standard InChI is InChI=1S/C16H13N3O3S/c1-17-16-19(12(9-23-16)13-3-2-6-20-13)18-8-11-4-5-14-15(7-11)22-10-21-14/h2-9H,10H2,1H3. The third kappa shape index (κ3) is 2.55. The van der Waals surface area contributed by atoms with Crippen molar-refractivity contribution in [2.75, 3.05) is 13.8 Å². The van der Waals surface area contributed by atoms with Crippen molar-refractivity contribution in [3.8, 4) is 23.0 Å². The van der Waals surface area contributed by atoms with Crippen molar-refractivity contribution in [3.05, 3.63) is 52.3 Å². The van der Waals surface area contributed by atoms with Crippen molar-refractivity contribution < 1.29 is 13.9 Å². The van der Waals surface area contributed by atoms with Crippen molar-refractivity contribution in [1.82, 2.24) is 4.68 Å². The molecule has 0 unspecified atom stereocenters. The van der Waals surface area contributed by atoms with Crippen molar-refractivity contribution in [1.29, 1.82) is 0 Å². The van der Waals surface area contributed by atoms with Crippen molar-refractivity contribution in [3.63, 3.8) is 0 Å². The van der Waals surface area contributed by atoms with Crippen LogP contribution in [0.3, 0.4) is 0 Å². The highest BCUT2D eigenvalue weighted by Gasteiger charge is 2.13. The second-order valence-electron chi connectivity index (χ2n) is 4.77. The Morgan fingerprint density at radius 1 is 1.22 bits per heavy atom. The zero-order valence-corrected chi connectivity index (χ0v) is 13.1. The first-order chi connectivity index (χ1) is 11.3. The lowest BCUT2D eigenvalue weighted by Gasteiger charge is -2.01. The number of furan rings is 1. The van der Waals surface area contributed by atoms with Crippen LogP contribution in [0.25, 0.3) is 11.5 Å². The Kier molecular flexibility index (Phi) is 3.47. The Bertz CT molecular complexity index is 922. The summed E-state index contributed by atoms with van der Waals surface area (Å²) in [7, 11) is 1.74. The van der Waals surface area contributed by atoms with E-state index in [1.165, 1.54) is 11.3 Å². The number of aromatic nitrogens is 1. The van der Waals surface area contributed by atoms with Crippen LogP contribution in [0.2, 0.25) is 0 Å². The molecule has 0 atom stereocenters. The average Bonchev–Trinajstić information content (AvgIpc) is 3.30. The fraction of sp³-hybridized carbons (Fsp3) is 0.125. The molecule has 1 aliphatic rings. The highest BCUT2D eigenvalue weighted by Crippen LogP contribution is 2.32. The molecule has 0 saturated carbocycles. The molecule has 116 valence electrons. The van der Waals surface area contributed by atoms with E-state index >= 15 is 0 Å². The smallest absolute Gasteiger partial charge is 0.231 e. The lowest BCUT2D eigenvalue weighted by Crippen LogP contribution is -2.11. The lowest BCUT2D eigenvalue weighted by molar-refractivity contribution is 0.174. The highest BCUT2D eigenvalue weighted by atomic mass is 32.1. The second kappa shape index (κ2) is 5.77. The van der Waals surface area contributed by atoms with Gasteiger partial charge in [-0.3, -0.25) is 4.99 Å². The van der Waals surface area contributed by atoms with E-state index in [0.29, 0.717) is 0 Å². The number of benzene rings is 1. The summed E-state index contributed by atoms with van der Waals surface area (Å²) in [6.45, 7) is 0.261. The van der Waals surface area contributed by atoms with E-state index < -0.39 is 0 Å². The summed E-state index contributed by atoms with van der Waals surface area (Å²) in [5.74, 6) is 2.24. The van der Waals surface area contributed by atoms with E-state index in [2.05, 4.69) is 10.1 Å². The first-order valence-corrected chi connectivity index (χ1v) is 7.84. The largest absolute Gasteiger partial charge is 0.463 e. The van der Waals surface area contributed by atoms with Gasteiger partial charge in [-0.1, -0.05) is 0 Å².